The van der Waals surface area contributed by atoms with E-state index in [1.165, 1.54) is 15.6 Å². The van der Waals surface area contributed by atoms with Gasteiger partial charge >= 0.3 is 0 Å². The zero-order chi connectivity index (χ0) is 15.2. The highest BCUT2D eigenvalue weighted by Crippen LogP contribution is 2.33. The number of hydrogen-bond acceptors (Lipinski definition) is 5. The molecular weight excluding hydrogens is 296 g/mol. The molecule has 114 valence electrons. The molecule has 0 radical (unpaired) electrons. The third kappa shape index (κ3) is 3.23. The second-order valence-electron chi connectivity index (χ2n) is 6.37. The van der Waals surface area contributed by atoms with Crippen molar-refractivity contribution in [2.75, 3.05) is 13.1 Å². The molecule has 2 heterocycles. The van der Waals surface area contributed by atoms with Crippen LogP contribution >= 0.6 is 11.3 Å². The number of rotatable bonds is 3. The highest BCUT2D eigenvalue weighted by atomic mass is 32.2. The number of morpholine rings is 1. The van der Waals surface area contributed by atoms with Gasteiger partial charge in [-0.2, -0.15) is 4.31 Å². The summed E-state index contributed by atoms with van der Waals surface area (Å²) in [7, 11) is -3.48. The van der Waals surface area contributed by atoms with E-state index in [4.69, 9.17) is 10.5 Å². The molecule has 0 saturated carbocycles. The molecule has 0 atom stereocenters. The molecule has 1 aliphatic rings. The summed E-state index contributed by atoms with van der Waals surface area (Å²) in [4.78, 5) is 0. The molecule has 20 heavy (non-hydrogen) atoms. The van der Waals surface area contributed by atoms with Crippen molar-refractivity contribution in [2.24, 2.45) is 5.73 Å². The summed E-state index contributed by atoms with van der Waals surface area (Å²) < 4.78 is 33.3. The lowest BCUT2D eigenvalue weighted by atomic mass is 10.0. The largest absolute Gasteiger partial charge is 0.367 e. The Morgan fingerprint density at radius 3 is 2.30 bits per heavy atom. The molecular formula is C13H22N2O3S2. The Bertz CT molecular complexity index is 575. The van der Waals surface area contributed by atoms with Crippen LogP contribution in [0.15, 0.2) is 15.7 Å². The van der Waals surface area contributed by atoms with Crippen molar-refractivity contribution in [3.8, 4) is 0 Å². The van der Waals surface area contributed by atoms with Crippen LogP contribution in [0, 0.1) is 0 Å². The van der Waals surface area contributed by atoms with E-state index in [2.05, 4.69) is 0 Å². The molecule has 5 nitrogen and oxygen atoms in total. The molecule has 1 aliphatic heterocycles. The summed E-state index contributed by atoms with van der Waals surface area (Å²) in [5.74, 6) is 0. The highest BCUT2D eigenvalue weighted by molar-refractivity contribution is 7.91. The molecule has 0 spiro atoms. The van der Waals surface area contributed by atoms with Crippen molar-refractivity contribution >= 4 is 21.4 Å². The number of sulfonamides is 1. The minimum Gasteiger partial charge on any atom is -0.367 e. The topological polar surface area (TPSA) is 72.6 Å². The average Bonchev–Trinajstić information content (AvgIpc) is 2.73. The molecule has 7 heteroatoms. The van der Waals surface area contributed by atoms with Crippen molar-refractivity contribution in [1.29, 1.82) is 0 Å². The second-order valence-corrected chi connectivity index (χ2v) is 9.45. The van der Waals surface area contributed by atoms with Crippen molar-refractivity contribution in [2.45, 2.75) is 49.7 Å². The Hall–Kier alpha value is -0.470. The Balaban J connectivity index is 2.33. The molecule has 2 N–H and O–H groups in total. The Kier molecular flexibility index (Phi) is 4.03. The van der Waals surface area contributed by atoms with Crippen LogP contribution in [0.25, 0.3) is 0 Å². The van der Waals surface area contributed by atoms with Crippen LogP contribution < -0.4 is 5.73 Å². The van der Waals surface area contributed by atoms with Crippen molar-refractivity contribution in [3.05, 3.63) is 17.0 Å². The summed E-state index contributed by atoms with van der Waals surface area (Å²) in [6.45, 7) is 8.72. The second kappa shape index (κ2) is 5.06. The summed E-state index contributed by atoms with van der Waals surface area (Å²) in [6, 6.07) is 1.66. The Morgan fingerprint density at radius 1 is 1.30 bits per heavy atom. The number of thiophene rings is 1. The van der Waals surface area contributed by atoms with Crippen molar-refractivity contribution in [1.82, 2.24) is 4.31 Å². The van der Waals surface area contributed by atoms with Gasteiger partial charge in [-0.25, -0.2) is 8.42 Å². The van der Waals surface area contributed by atoms with E-state index in [-0.39, 0.29) is 0 Å². The summed E-state index contributed by atoms with van der Waals surface area (Å²) in [5.41, 5.74) is 5.40. The lowest BCUT2D eigenvalue weighted by molar-refractivity contribution is -0.163. The number of hydrogen-bond donors (Lipinski definition) is 1. The zero-order valence-electron chi connectivity index (χ0n) is 12.3. The molecule has 1 saturated heterocycles. The molecule has 1 fully saturated rings. The van der Waals surface area contributed by atoms with Crippen LogP contribution in [0.3, 0.4) is 0 Å². The molecule has 0 bridgehead atoms. The van der Waals surface area contributed by atoms with Crippen molar-refractivity contribution in [3.63, 3.8) is 0 Å². The van der Waals surface area contributed by atoms with Crippen LogP contribution in [0.5, 0.6) is 0 Å². The number of ether oxygens (including phenoxy) is 1. The first-order chi connectivity index (χ1) is 9.06. The predicted molar refractivity (Wildman–Crippen MR) is 80.2 cm³/mol. The predicted octanol–water partition coefficient (Wildman–Crippen LogP) is 1.78. The maximum atomic E-state index is 12.7. The lowest BCUT2D eigenvalue weighted by Crippen LogP contribution is -2.58. The minimum absolute atomic E-state index is 0.353. The molecule has 0 amide bonds. The average molecular weight is 318 g/mol. The standard InChI is InChI=1S/C13H22N2O3S2/c1-12(2)8-15(9-13(3,4)18-12)20(16,17)11-5-10(6-14)7-19-11/h5,7H,6,8-9,14H2,1-4H3. The quantitative estimate of drug-likeness (QED) is 0.922. The van der Waals surface area contributed by atoms with Gasteiger partial charge in [-0.3, -0.25) is 0 Å². The normalized spacial score (nSPS) is 22.9. The lowest BCUT2D eigenvalue weighted by Gasteiger charge is -2.46. The van der Waals surface area contributed by atoms with Gasteiger partial charge in [-0.05, 0) is 44.7 Å². The maximum Gasteiger partial charge on any atom is 0.252 e. The summed E-state index contributed by atoms with van der Waals surface area (Å²) in [5, 5.41) is 1.80. The smallest absolute Gasteiger partial charge is 0.252 e. The van der Waals surface area contributed by atoms with E-state index in [0.717, 1.165) is 5.56 Å². The van der Waals surface area contributed by atoms with Crippen molar-refractivity contribution < 1.29 is 13.2 Å². The molecule has 2 rings (SSSR count). The van der Waals surface area contributed by atoms with Gasteiger partial charge in [0.15, 0.2) is 0 Å². The third-order valence-corrected chi connectivity index (χ3v) is 6.38. The molecule has 0 unspecified atom stereocenters. The Labute approximate surface area is 124 Å². The van der Waals surface area contributed by atoms with Gasteiger partial charge in [0.25, 0.3) is 10.0 Å². The SMILES string of the molecule is CC1(C)CN(S(=O)(=O)c2cc(CN)cs2)CC(C)(C)O1. The summed E-state index contributed by atoms with van der Waals surface area (Å²) >= 11 is 1.22. The fraction of sp³-hybridized carbons (Fsp3) is 0.692. The number of nitrogens with two attached hydrogens (primary N) is 1. The van der Waals surface area contributed by atoms with Gasteiger partial charge in [0.1, 0.15) is 4.21 Å². The van der Waals surface area contributed by atoms with Gasteiger partial charge in [0, 0.05) is 19.6 Å². The Morgan fingerprint density at radius 2 is 1.85 bits per heavy atom. The summed E-state index contributed by atoms with van der Waals surface area (Å²) in [6.07, 6.45) is 0. The molecule has 0 aliphatic carbocycles. The van der Waals surface area contributed by atoms with Gasteiger partial charge < -0.3 is 10.5 Å². The van der Waals surface area contributed by atoms with Crippen LogP contribution in [-0.2, 0) is 21.3 Å². The molecule has 1 aromatic heterocycles. The fourth-order valence-corrected chi connectivity index (χ4v) is 5.73. The van der Waals surface area contributed by atoms with E-state index in [1.807, 2.05) is 27.7 Å². The van der Waals surface area contributed by atoms with E-state index in [9.17, 15) is 8.42 Å². The number of nitrogens with zero attached hydrogens (tertiary/aromatic N) is 1. The van der Waals surface area contributed by atoms with E-state index < -0.39 is 21.2 Å². The van der Waals surface area contributed by atoms with E-state index >= 15 is 0 Å². The van der Waals surface area contributed by atoms with E-state index in [1.54, 1.807) is 11.4 Å². The van der Waals surface area contributed by atoms with Gasteiger partial charge in [0.2, 0.25) is 0 Å². The molecule has 1 aromatic rings. The maximum absolute atomic E-state index is 12.7. The minimum atomic E-state index is -3.48. The van der Waals surface area contributed by atoms with Gasteiger partial charge in [-0.15, -0.1) is 11.3 Å². The van der Waals surface area contributed by atoms with Gasteiger partial charge in [-0.1, -0.05) is 0 Å². The first kappa shape index (κ1) is 15.9. The highest BCUT2D eigenvalue weighted by Gasteiger charge is 2.43. The zero-order valence-corrected chi connectivity index (χ0v) is 14.0. The molecule has 0 aromatic carbocycles. The third-order valence-electron chi connectivity index (χ3n) is 3.13. The van der Waals surface area contributed by atoms with Crippen LogP contribution in [0.2, 0.25) is 0 Å². The van der Waals surface area contributed by atoms with Crippen LogP contribution in [0.1, 0.15) is 33.3 Å². The first-order valence-corrected chi connectivity index (χ1v) is 8.86. The van der Waals surface area contributed by atoms with Gasteiger partial charge in [0.05, 0.1) is 11.2 Å². The monoisotopic (exact) mass is 318 g/mol. The van der Waals surface area contributed by atoms with Crippen LogP contribution in [0.4, 0.5) is 0 Å². The fourth-order valence-electron chi connectivity index (χ4n) is 2.61. The van der Waals surface area contributed by atoms with Crippen LogP contribution in [-0.4, -0.2) is 37.0 Å². The first-order valence-electron chi connectivity index (χ1n) is 6.54. The van der Waals surface area contributed by atoms with E-state index in [0.29, 0.717) is 23.8 Å².